The van der Waals surface area contributed by atoms with Gasteiger partial charge in [0.25, 0.3) is 5.89 Å². The van der Waals surface area contributed by atoms with Crippen molar-refractivity contribution < 1.29 is 4.52 Å². The number of hydrogen-bond donors (Lipinski definition) is 1. The number of nitrogen functional groups attached to an aromatic ring is 1. The highest BCUT2D eigenvalue weighted by Crippen LogP contribution is 2.43. The number of nitrogens with zero attached hydrogens (tertiary/aromatic N) is 2. The molecule has 1 aliphatic heterocycles. The Morgan fingerprint density at radius 2 is 2.14 bits per heavy atom. The van der Waals surface area contributed by atoms with Gasteiger partial charge in [-0.15, -0.1) is 11.8 Å². The normalized spacial score (nSPS) is 26.0. The zero-order chi connectivity index (χ0) is 15.0. The first-order valence-corrected chi connectivity index (χ1v) is 9.49. The maximum absolute atomic E-state index is 5.83. The van der Waals surface area contributed by atoms with Crippen LogP contribution in [0.3, 0.4) is 0 Å². The van der Waals surface area contributed by atoms with Crippen molar-refractivity contribution in [3.05, 3.63) is 28.5 Å². The third-order valence-electron chi connectivity index (χ3n) is 3.50. The first-order valence-electron chi connectivity index (χ1n) is 6.70. The summed E-state index contributed by atoms with van der Waals surface area (Å²) in [6, 6.07) is 5.57. The van der Waals surface area contributed by atoms with Crippen LogP contribution in [0.4, 0.5) is 5.69 Å². The standard InChI is InChI=1S/C14H16BrN3OS2/c1-7-8(2)21-12(6-20-7)13-17-14(19-18-13)10-5-9(16)3-4-11(10)15/h3-5,7-8,12H,6,16H2,1-2H3. The van der Waals surface area contributed by atoms with Crippen molar-refractivity contribution >= 4 is 45.1 Å². The average Bonchev–Trinajstić information content (AvgIpc) is 2.94. The van der Waals surface area contributed by atoms with E-state index in [4.69, 9.17) is 10.3 Å². The zero-order valence-electron chi connectivity index (χ0n) is 11.7. The molecule has 2 aromatic rings. The van der Waals surface area contributed by atoms with Gasteiger partial charge in [0.05, 0.1) is 10.8 Å². The second-order valence-electron chi connectivity index (χ2n) is 5.07. The molecule has 0 bridgehead atoms. The van der Waals surface area contributed by atoms with Crippen LogP contribution >= 0.6 is 39.5 Å². The lowest BCUT2D eigenvalue weighted by molar-refractivity contribution is 0.422. The van der Waals surface area contributed by atoms with Crippen molar-refractivity contribution in [2.75, 3.05) is 11.5 Å². The van der Waals surface area contributed by atoms with E-state index in [0.29, 0.717) is 27.3 Å². The number of halogens is 1. The summed E-state index contributed by atoms with van der Waals surface area (Å²) in [7, 11) is 0. The summed E-state index contributed by atoms with van der Waals surface area (Å²) < 4.78 is 6.33. The average molecular weight is 386 g/mol. The quantitative estimate of drug-likeness (QED) is 0.773. The molecule has 1 fully saturated rings. The van der Waals surface area contributed by atoms with Crippen molar-refractivity contribution in [2.24, 2.45) is 0 Å². The summed E-state index contributed by atoms with van der Waals surface area (Å²) in [5, 5.41) is 5.71. The van der Waals surface area contributed by atoms with Crippen LogP contribution in [0.1, 0.15) is 24.9 Å². The number of benzene rings is 1. The van der Waals surface area contributed by atoms with Gasteiger partial charge in [-0.1, -0.05) is 19.0 Å². The molecule has 2 heterocycles. The zero-order valence-corrected chi connectivity index (χ0v) is 15.0. The van der Waals surface area contributed by atoms with Gasteiger partial charge in [-0.05, 0) is 34.1 Å². The predicted octanol–water partition coefficient (Wildman–Crippen LogP) is 4.38. The summed E-state index contributed by atoms with van der Waals surface area (Å²) >= 11 is 7.39. The van der Waals surface area contributed by atoms with Crippen LogP contribution in [0.5, 0.6) is 0 Å². The fraction of sp³-hybridized carbons (Fsp3) is 0.429. The van der Waals surface area contributed by atoms with E-state index in [9.17, 15) is 0 Å². The van der Waals surface area contributed by atoms with E-state index in [0.717, 1.165) is 21.6 Å². The highest BCUT2D eigenvalue weighted by molar-refractivity contribution is 9.10. The minimum Gasteiger partial charge on any atom is -0.399 e. The minimum absolute atomic E-state index is 0.290. The Morgan fingerprint density at radius 1 is 1.33 bits per heavy atom. The first kappa shape index (κ1) is 15.2. The molecular weight excluding hydrogens is 370 g/mol. The van der Waals surface area contributed by atoms with Crippen molar-refractivity contribution in [2.45, 2.75) is 29.6 Å². The summed E-state index contributed by atoms with van der Waals surface area (Å²) in [6.45, 7) is 4.52. The van der Waals surface area contributed by atoms with Crippen molar-refractivity contribution in [1.29, 1.82) is 0 Å². The van der Waals surface area contributed by atoms with Gasteiger partial charge in [0.1, 0.15) is 0 Å². The molecule has 3 unspecified atom stereocenters. The van der Waals surface area contributed by atoms with Crippen molar-refractivity contribution in [3.63, 3.8) is 0 Å². The fourth-order valence-electron chi connectivity index (χ4n) is 2.10. The molecule has 0 amide bonds. The molecule has 2 N–H and O–H groups in total. The Hall–Kier alpha value is -0.660. The van der Waals surface area contributed by atoms with Crippen LogP contribution in [-0.2, 0) is 0 Å². The van der Waals surface area contributed by atoms with Crippen LogP contribution in [-0.4, -0.2) is 26.4 Å². The summed E-state index contributed by atoms with van der Waals surface area (Å²) in [4.78, 5) is 4.57. The Kier molecular flexibility index (Phi) is 4.51. The van der Waals surface area contributed by atoms with Crippen LogP contribution in [0.25, 0.3) is 11.5 Å². The fourth-order valence-corrected chi connectivity index (χ4v) is 5.35. The van der Waals surface area contributed by atoms with E-state index >= 15 is 0 Å². The number of rotatable bonds is 2. The molecule has 0 aliphatic carbocycles. The Balaban J connectivity index is 1.85. The Labute approximate surface area is 140 Å². The lowest BCUT2D eigenvalue weighted by Gasteiger charge is -2.29. The highest BCUT2D eigenvalue weighted by atomic mass is 79.9. The Bertz CT molecular complexity index is 649. The van der Waals surface area contributed by atoms with Gasteiger partial charge in [-0.2, -0.15) is 16.7 Å². The second-order valence-corrected chi connectivity index (χ2v) is 8.91. The molecule has 4 nitrogen and oxygen atoms in total. The molecule has 21 heavy (non-hydrogen) atoms. The van der Waals surface area contributed by atoms with E-state index in [1.807, 2.05) is 41.7 Å². The van der Waals surface area contributed by atoms with Gasteiger partial charge in [0, 0.05) is 26.4 Å². The third-order valence-corrected chi connectivity index (χ3v) is 7.58. The van der Waals surface area contributed by atoms with Crippen LogP contribution in [0, 0.1) is 0 Å². The summed E-state index contributed by atoms with van der Waals surface area (Å²) in [6.07, 6.45) is 0. The molecule has 1 aromatic carbocycles. The van der Waals surface area contributed by atoms with Crippen LogP contribution < -0.4 is 5.73 Å². The SMILES string of the molecule is CC1SCC(c2noc(-c3cc(N)ccc3Br)n2)SC1C. The summed E-state index contributed by atoms with van der Waals surface area (Å²) in [5.74, 6) is 2.31. The smallest absolute Gasteiger partial charge is 0.259 e. The van der Waals surface area contributed by atoms with Gasteiger partial charge in [0.2, 0.25) is 0 Å². The Morgan fingerprint density at radius 3 is 2.90 bits per heavy atom. The molecule has 1 aromatic heterocycles. The van der Waals surface area contributed by atoms with Crippen molar-refractivity contribution in [3.8, 4) is 11.5 Å². The molecule has 3 atom stereocenters. The second kappa shape index (κ2) is 6.22. The largest absolute Gasteiger partial charge is 0.399 e. The molecule has 0 radical (unpaired) electrons. The van der Waals surface area contributed by atoms with Gasteiger partial charge in [-0.25, -0.2) is 0 Å². The molecule has 3 rings (SSSR count). The van der Waals surface area contributed by atoms with E-state index < -0.39 is 0 Å². The number of nitrogens with two attached hydrogens (primary N) is 1. The highest BCUT2D eigenvalue weighted by Gasteiger charge is 2.30. The molecule has 0 saturated carbocycles. The molecule has 0 spiro atoms. The predicted molar refractivity (Wildman–Crippen MR) is 93.6 cm³/mol. The van der Waals surface area contributed by atoms with E-state index in [1.54, 1.807) is 0 Å². The molecule has 7 heteroatoms. The van der Waals surface area contributed by atoms with Gasteiger partial charge < -0.3 is 10.3 Å². The number of aromatic nitrogens is 2. The molecule has 1 aliphatic rings. The third kappa shape index (κ3) is 3.24. The maximum Gasteiger partial charge on any atom is 0.259 e. The molecule has 112 valence electrons. The first-order chi connectivity index (χ1) is 10.0. The van der Waals surface area contributed by atoms with Crippen LogP contribution in [0.15, 0.2) is 27.2 Å². The topological polar surface area (TPSA) is 64.9 Å². The van der Waals surface area contributed by atoms with E-state index in [-0.39, 0.29) is 0 Å². The van der Waals surface area contributed by atoms with Gasteiger partial charge in [-0.3, -0.25) is 0 Å². The number of anilines is 1. The van der Waals surface area contributed by atoms with Crippen molar-refractivity contribution in [1.82, 2.24) is 10.1 Å². The van der Waals surface area contributed by atoms with E-state index in [2.05, 4.69) is 39.9 Å². The summed E-state index contributed by atoms with van der Waals surface area (Å²) in [5.41, 5.74) is 7.35. The minimum atomic E-state index is 0.290. The van der Waals surface area contributed by atoms with Crippen LogP contribution in [0.2, 0.25) is 0 Å². The van der Waals surface area contributed by atoms with E-state index in [1.165, 1.54) is 0 Å². The maximum atomic E-state index is 5.83. The lowest BCUT2D eigenvalue weighted by Crippen LogP contribution is -2.22. The number of hydrogen-bond acceptors (Lipinski definition) is 6. The van der Waals surface area contributed by atoms with Gasteiger partial charge in [0.15, 0.2) is 5.82 Å². The lowest BCUT2D eigenvalue weighted by atomic mass is 10.2. The molecule has 1 saturated heterocycles. The number of thioether (sulfide) groups is 2. The molecular formula is C14H16BrN3OS2. The monoisotopic (exact) mass is 385 g/mol. The van der Waals surface area contributed by atoms with Gasteiger partial charge >= 0.3 is 0 Å².